The molecule has 2 aliphatic rings. The van der Waals surface area contributed by atoms with Crippen LogP contribution in [0.4, 0.5) is 0 Å². The fraction of sp³-hybridized carbons (Fsp3) is 0.833. The smallest absolute Gasteiger partial charge is 0.112 e. The highest BCUT2D eigenvalue weighted by atomic mass is 16.5. The van der Waals surface area contributed by atoms with Crippen molar-refractivity contribution in [1.29, 1.82) is 0 Å². The van der Waals surface area contributed by atoms with Crippen LogP contribution in [0, 0.1) is 0 Å². The maximum atomic E-state index is 5.91. The van der Waals surface area contributed by atoms with Crippen LogP contribution in [0.5, 0.6) is 0 Å². The van der Waals surface area contributed by atoms with Crippen LogP contribution in [0.3, 0.4) is 0 Å². The molecule has 86 valence electrons. The summed E-state index contributed by atoms with van der Waals surface area (Å²) in [5.74, 6) is 1.09. The molecule has 3 atom stereocenters. The highest BCUT2D eigenvalue weighted by molar-refractivity contribution is 5.10. The maximum Gasteiger partial charge on any atom is 0.112 e. The third-order valence-corrected chi connectivity index (χ3v) is 3.10. The Hall–Kier alpha value is -0.540. The average molecular weight is 211 g/mol. The van der Waals surface area contributed by atoms with Gasteiger partial charge in [0.15, 0.2) is 0 Å². The van der Waals surface area contributed by atoms with E-state index in [1.165, 1.54) is 6.42 Å². The lowest BCUT2D eigenvalue weighted by molar-refractivity contribution is 0.0274. The molecule has 1 N–H and O–H groups in total. The number of hydrogen-bond acceptors (Lipinski definition) is 3. The van der Waals surface area contributed by atoms with Crippen molar-refractivity contribution < 1.29 is 9.47 Å². The maximum absolute atomic E-state index is 5.91. The van der Waals surface area contributed by atoms with Crippen molar-refractivity contribution >= 4 is 0 Å². The first-order chi connectivity index (χ1) is 7.31. The fourth-order valence-electron chi connectivity index (χ4n) is 2.37. The summed E-state index contributed by atoms with van der Waals surface area (Å²) in [7, 11) is 0. The molecule has 15 heavy (non-hydrogen) atoms. The molecule has 0 aliphatic carbocycles. The fourth-order valence-corrected chi connectivity index (χ4v) is 2.37. The van der Waals surface area contributed by atoms with Gasteiger partial charge in [-0.2, -0.15) is 0 Å². The van der Waals surface area contributed by atoms with Crippen LogP contribution in [0.25, 0.3) is 0 Å². The Morgan fingerprint density at radius 1 is 1.53 bits per heavy atom. The van der Waals surface area contributed by atoms with Crippen molar-refractivity contribution in [1.82, 2.24) is 5.32 Å². The van der Waals surface area contributed by atoms with Crippen LogP contribution in [0.1, 0.15) is 33.1 Å². The average Bonchev–Trinajstić information content (AvgIpc) is 2.85. The Morgan fingerprint density at radius 3 is 2.93 bits per heavy atom. The molecule has 0 aromatic rings. The second kappa shape index (κ2) is 4.99. The van der Waals surface area contributed by atoms with Crippen LogP contribution >= 0.6 is 0 Å². The lowest BCUT2D eigenvalue weighted by atomic mass is 10.1. The Bertz CT molecular complexity index is 240. The van der Waals surface area contributed by atoms with E-state index in [1.807, 2.05) is 0 Å². The third-order valence-electron chi connectivity index (χ3n) is 3.10. The predicted molar refractivity (Wildman–Crippen MR) is 59.7 cm³/mol. The van der Waals surface area contributed by atoms with Gasteiger partial charge in [-0.3, -0.25) is 0 Å². The molecule has 3 unspecified atom stereocenters. The van der Waals surface area contributed by atoms with Crippen LogP contribution in [0.2, 0.25) is 0 Å². The Balaban J connectivity index is 1.99. The molecule has 0 amide bonds. The van der Waals surface area contributed by atoms with Crippen molar-refractivity contribution in [2.75, 3.05) is 13.2 Å². The van der Waals surface area contributed by atoms with E-state index in [9.17, 15) is 0 Å². The lowest BCUT2D eigenvalue weighted by Gasteiger charge is -2.25. The van der Waals surface area contributed by atoms with Gasteiger partial charge in [0.1, 0.15) is 5.76 Å². The summed E-state index contributed by atoms with van der Waals surface area (Å²) in [6.07, 6.45) is 6.24. The summed E-state index contributed by atoms with van der Waals surface area (Å²) in [5.41, 5.74) is 0. The molecular weight excluding hydrogens is 190 g/mol. The van der Waals surface area contributed by atoms with Gasteiger partial charge in [0.2, 0.25) is 0 Å². The minimum Gasteiger partial charge on any atom is -0.496 e. The first-order valence-corrected chi connectivity index (χ1v) is 6.03. The molecule has 1 saturated heterocycles. The predicted octanol–water partition coefficient (Wildman–Crippen LogP) is 1.84. The Morgan fingerprint density at radius 2 is 2.40 bits per heavy atom. The first kappa shape index (κ1) is 11.0. The van der Waals surface area contributed by atoms with Gasteiger partial charge in [-0.15, -0.1) is 0 Å². The largest absolute Gasteiger partial charge is 0.496 e. The molecular formula is C12H21NO2. The van der Waals surface area contributed by atoms with E-state index < -0.39 is 0 Å². The van der Waals surface area contributed by atoms with Crippen LogP contribution < -0.4 is 5.32 Å². The second-order valence-electron chi connectivity index (χ2n) is 4.34. The molecule has 0 aromatic heterocycles. The van der Waals surface area contributed by atoms with Crippen molar-refractivity contribution in [2.45, 2.75) is 51.4 Å². The van der Waals surface area contributed by atoms with E-state index in [0.717, 1.165) is 31.8 Å². The topological polar surface area (TPSA) is 30.5 Å². The van der Waals surface area contributed by atoms with Gasteiger partial charge < -0.3 is 14.8 Å². The van der Waals surface area contributed by atoms with Gasteiger partial charge in [-0.25, -0.2) is 0 Å². The van der Waals surface area contributed by atoms with Gasteiger partial charge in [-0.05, 0) is 32.4 Å². The van der Waals surface area contributed by atoms with E-state index in [-0.39, 0.29) is 6.04 Å². The Labute approximate surface area is 91.8 Å². The summed E-state index contributed by atoms with van der Waals surface area (Å²) in [6, 6.07) is 0.266. The lowest BCUT2D eigenvalue weighted by Crippen LogP contribution is -2.41. The molecule has 0 radical (unpaired) electrons. The summed E-state index contributed by atoms with van der Waals surface area (Å²) in [6.45, 7) is 6.06. The number of hydrogen-bond donors (Lipinski definition) is 1. The van der Waals surface area contributed by atoms with E-state index >= 15 is 0 Å². The zero-order valence-corrected chi connectivity index (χ0v) is 9.66. The molecule has 3 heteroatoms. The highest BCUT2D eigenvalue weighted by Gasteiger charge is 2.33. The zero-order chi connectivity index (χ0) is 10.7. The minimum atomic E-state index is 0.266. The quantitative estimate of drug-likeness (QED) is 0.769. The van der Waals surface area contributed by atoms with Crippen molar-refractivity contribution in [3.63, 3.8) is 0 Å². The van der Waals surface area contributed by atoms with Crippen LogP contribution in [0.15, 0.2) is 11.8 Å². The Kier molecular flexibility index (Phi) is 3.65. The summed E-state index contributed by atoms with van der Waals surface area (Å²) in [4.78, 5) is 0. The van der Waals surface area contributed by atoms with E-state index in [4.69, 9.17) is 9.47 Å². The summed E-state index contributed by atoms with van der Waals surface area (Å²) in [5, 5.41) is 3.47. The van der Waals surface area contributed by atoms with Gasteiger partial charge >= 0.3 is 0 Å². The molecule has 2 aliphatic heterocycles. The SMILES string of the molecule is CCNC(C1=CCCO1)C1CCC(C)O1. The van der Waals surface area contributed by atoms with E-state index in [1.54, 1.807) is 0 Å². The molecule has 2 heterocycles. The summed E-state index contributed by atoms with van der Waals surface area (Å²) >= 11 is 0. The van der Waals surface area contributed by atoms with Crippen LogP contribution in [-0.2, 0) is 9.47 Å². The molecule has 3 nitrogen and oxygen atoms in total. The first-order valence-electron chi connectivity index (χ1n) is 6.03. The van der Waals surface area contributed by atoms with Gasteiger partial charge in [0.25, 0.3) is 0 Å². The van der Waals surface area contributed by atoms with Crippen molar-refractivity contribution in [2.24, 2.45) is 0 Å². The van der Waals surface area contributed by atoms with Gasteiger partial charge in [0, 0.05) is 6.42 Å². The monoisotopic (exact) mass is 211 g/mol. The van der Waals surface area contributed by atoms with Crippen LogP contribution in [-0.4, -0.2) is 31.4 Å². The van der Waals surface area contributed by atoms with Gasteiger partial charge in [0.05, 0.1) is 24.9 Å². The number of ether oxygens (including phenoxy) is 2. The molecule has 0 aromatic carbocycles. The number of nitrogens with one attached hydrogen (secondary N) is 1. The highest BCUT2D eigenvalue weighted by Crippen LogP contribution is 2.27. The third kappa shape index (κ3) is 2.52. The molecule has 1 fully saturated rings. The van der Waals surface area contributed by atoms with E-state index in [0.29, 0.717) is 12.2 Å². The zero-order valence-electron chi connectivity index (χ0n) is 9.66. The number of rotatable bonds is 4. The molecule has 2 rings (SSSR count). The minimum absolute atomic E-state index is 0.266. The standard InChI is InChI=1S/C12H21NO2/c1-3-13-12(10-5-4-8-14-10)11-7-6-9(2)15-11/h5,9,11-13H,3-4,6-8H2,1-2H3. The molecule has 0 bridgehead atoms. The van der Waals surface area contributed by atoms with E-state index in [2.05, 4.69) is 25.2 Å². The number of likely N-dealkylation sites (N-methyl/N-ethyl adjacent to an activating group) is 1. The summed E-state index contributed by atoms with van der Waals surface area (Å²) < 4.78 is 11.5. The normalized spacial score (nSPS) is 32.5. The second-order valence-corrected chi connectivity index (χ2v) is 4.34. The van der Waals surface area contributed by atoms with Crippen molar-refractivity contribution in [3.05, 3.63) is 11.8 Å². The molecule has 0 saturated carbocycles. The molecule has 0 spiro atoms. The van der Waals surface area contributed by atoms with Gasteiger partial charge in [-0.1, -0.05) is 6.92 Å². The van der Waals surface area contributed by atoms with Crippen molar-refractivity contribution in [3.8, 4) is 0 Å².